The van der Waals surface area contributed by atoms with Crippen LogP contribution in [0.1, 0.15) is 89.5 Å². The summed E-state index contributed by atoms with van der Waals surface area (Å²) in [6.45, 7) is 12.2. The molecule has 0 spiro atoms. The lowest BCUT2D eigenvalue weighted by molar-refractivity contribution is -0.147. The number of sulfonamides is 2. The van der Waals surface area contributed by atoms with E-state index < -0.39 is 43.1 Å². The van der Waals surface area contributed by atoms with E-state index in [2.05, 4.69) is 0 Å². The first-order valence-corrected chi connectivity index (χ1v) is 19.8. The Kier molecular flexibility index (Phi) is 9.94. The van der Waals surface area contributed by atoms with Gasteiger partial charge >= 0.3 is 11.9 Å². The van der Waals surface area contributed by atoms with Gasteiger partial charge in [-0.1, -0.05) is 90.1 Å². The normalized spacial score (nSPS) is 22.5. The lowest BCUT2D eigenvalue weighted by Gasteiger charge is -2.35. The molecule has 3 aromatic carbocycles. The molecule has 2 aliphatic rings. The van der Waals surface area contributed by atoms with E-state index in [1.165, 1.54) is 24.3 Å². The summed E-state index contributed by atoms with van der Waals surface area (Å²) < 4.78 is 58.1. The minimum Gasteiger partial charge on any atom is -0.480 e. The zero-order valence-electron chi connectivity index (χ0n) is 29.6. The molecule has 0 aromatic heterocycles. The fourth-order valence-corrected chi connectivity index (χ4v) is 11.0. The molecule has 0 unspecified atom stereocenters. The predicted molar refractivity (Wildman–Crippen MR) is 191 cm³/mol. The summed E-state index contributed by atoms with van der Waals surface area (Å²) in [5, 5.41) is 21.2. The van der Waals surface area contributed by atoms with E-state index in [1.807, 2.05) is 41.5 Å². The van der Waals surface area contributed by atoms with Gasteiger partial charge in [0.2, 0.25) is 20.0 Å². The maximum atomic E-state index is 14.0. The highest BCUT2D eigenvalue weighted by Gasteiger charge is 2.55. The van der Waals surface area contributed by atoms with Crippen molar-refractivity contribution in [3.8, 4) is 0 Å². The third-order valence-electron chi connectivity index (χ3n) is 10.3. The minimum absolute atomic E-state index is 0.0192. The van der Waals surface area contributed by atoms with E-state index in [0.717, 1.165) is 19.7 Å². The van der Waals surface area contributed by atoms with E-state index in [-0.39, 0.29) is 59.4 Å². The molecule has 0 saturated carbocycles. The van der Waals surface area contributed by atoms with Gasteiger partial charge in [-0.05, 0) is 83.0 Å². The van der Waals surface area contributed by atoms with Crippen LogP contribution in [0.3, 0.4) is 0 Å². The Morgan fingerprint density at radius 1 is 0.620 bits per heavy atom. The Bertz CT molecular complexity index is 1840. The molecule has 50 heavy (non-hydrogen) atoms. The van der Waals surface area contributed by atoms with Crippen molar-refractivity contribution >= 4 is 32.0 Å². The van der Waals surface area contributed by atoms with Gasteiger partial charge in [0.15, 0.2) is 0 Å². The first-order valence-electron chi connectivity index (χ1n) is 17.0. The van der Waals surface area contributed by atoms with Crippen LogP contribution in [-0.4, -0.2) is 71.8 Å². The predicted octanol–water partition coefficient (Wildman–Crippen LogP) is 5.98. The molecule has 10 nitrogen and oxygen atoms in total. The fourth-order valence-electron chi connectivity index (χ4n) is 7.37. The zero-order valence-corrected chi connectivity index (χ0v) is 31.3. The molecule has 2 fully saturated rings. The first kappa shape index (κ1) is 37.7. The summed E-state index contributed by atoms with van der Waals surface area (Å²) in [6.07, 6.45) is 0.638. The summed E-state index contributed by atoms with van der Waals surface area (Å²) in [5.41, 5.74) is -0.971. The fraction of sp³-hybridized carbons (Fsp3) is 0.474. The Balaban J connectivity index is 1.45. The largest absolute Gasteiger partial charge is 0.480 e. The molecular formula is C38H48N2O8S2. The highest BCUT2D eigenvalue weighted by atomic mass is 32.2. The quantitative estimate of drug-likeness (QED) is 0.259. The van der Waals surface area contributed by atoms with Gasteiger partial charge in [-0.2, -0.15) is 8.61 Å². The molecule has 2 N–H and O–H groups in total. The molecule has 2 saturated heterocycles. The van der Waals surface area contributed by atoms with Crippen molar-refractivity contribution in [1.82, 2.24) is 8.61 Å². The van der Waals surface area contributed by atoms with Gasteiger partial charge in [-0.3, -0.25) is 9.59 Å². The molecule has 270 valence electrons. The highest BCUT2D eigenvalue weighted by Crippen LogP contribution is 2.41. The maximum absolute atomic E-state index is 14.0. The number of nitrogens with zero attached hydrogens (tertiary/aromatic N) is 2. The number of rotatable bonds is 10. The molecular weight excluding hydrogens is 677 g/mol. The summed E-state index contributed by atoms with van der Waals surface area (Å²) in [6, 6.07) is 19.8. The van der Waals surface area contributed by atoms with Crippen molar-refractivity contribution in [2.24, 2.45) is 0 Å². The lowest BCUT2D eigenvalue weighted by atomic mass is 9.86. The Labute approximate surface area is 296 Å². The van der Waals surface area contributed by atoms with E-state index in [9.17, 15) is 36.6 Å². The molecule has 2 aliphatic heterocycles. The molecule has 0 radical (unpaired) electrons. The number of benzene rings is 3. The molecule has 5 rings (SSSR count). The van der Waals surface area contributed by atoms with Gasteiger partial charge in [-0.25, -0.2) is 16.8 Å². The van der Waals surface area contributed by atoms with Crippen LogP contribution in [-0.2, 0) is 53.3 Å². The van der Waals surface area contributed by atoms with Crippen LogP contribution in [0.15, 0.2) is 82.6 Å². The maximum Gasteiger partial charge on any atom is 0.325 e. The summed E-state index contributed by atoms with van der Waals surface area (Å²) >= 11 is 0. The van der Waals surface area contributed by atoms with Crippen molar-refractivity contribution in [2.75, 3.05) is 13.1 Å². The van der Waals surface area contributed by atoms with Gasteiger partial charge in [0, 0.05) is 25.9 Å². The van der Waals surface area contributed by atoms with Crippen molar-refractivity contribution in [3.63, 3.8) is 0 Å². The highest BCUT2D eigenvalue weighted by molar-refractivity contribution is 7.89. The van der Waals surface area contributed by atoms with Crippen LogP contribution >= 0.6 is 0 Å². The van der Waals surface area contributed by atoms with E-state index in [1.54, 1.807) is 48.5 Å². The lowest BCUT2D eigenvalue weighted by Crippen LogP contribution is -2.54. The molecule has 0 amide bonds. The number of aliphatic carboxylic acids is 2. The molecule has 2 atom stereocenters. The second-order valence-electron chi connectivity index (χ2n) is 15.8. The van der Waals surface area contributed by atoms with E-state index in [4.69, 9.17) is 0 Å². The van der Waals surface area contributed by atoms with Crippen molar-refractivity contribution < 1.29 is 36.6 Å². The minimum atomic E-state index is -4.18. The number of hydrogen-bond acceptors (Lipinski definition) is 6. The third-order valence-corrected chi connectivity index (χ3v) is 14.2. The summed E-state index contributed by atoms with van der Waals surface area (Å²) in [5.74, 6) is -2.52. The SMILES string of the molecule is CC(C)(C)c1ccc(S(=O)(=O)N2CCC[C@@]2(Cc2cccc(C[C@@]3(C(=O)O)CCCN3S(=O)(=O)c3ccc(C(C)(C)C)cc3)c2)C(=O)O)cc1. The van der Waals surface area contributed by atoms with Crippen molar-refractivity contribution in [3.05, 3.63) is 95.1 Å². The summed E-state index contributed by atoms with van der Waals surface area (Å²) in [7, 11) is -8.37. The Morgan fingerprint density at radius 3 is 1.26 bits per heavy atom. The van der Waals surface area contributed by atoms with E-state index in [0.29, 0.717) is 24.0 Å². The van der Waals surface area contributed by atoms with Gasteiger partial charge in [0.05, 0.1) is 9.79 Å². The number of carboxylic acids is 2. The van der Waals surface area contributed by atoms with E-state index >= 15 is 0 Å². The van der Waals surface area contributed by atoms with Gasteiger partial charge in [0.25, 0.3) is 0 Å². The molecule has 12 heteroatoms. The number of carbonyl (C=O) groups is 2. The number of hydrogen-bond donors (Lipinski definition) is 2. The zero-order chi connectivity index (χ0) is 36.9. The van der Waals surface area contributed by atoms with Crippen LogP contribution in [0.2, 0.25) is 0 Å². The standard InChI is InChI=1S/C38H48N2O8S2/c1-35(2,3)29-12-16-31(17-13-29)49(45,46)39-22-8-20-37(39,33(41)42)25-27-10-7-11-28(24-27)26-38(34(43)44)21-9-23-40(38)50(47,48)32-18-14-30(15-19-32)36(4,5)6/h7,10-19,24H,8-9,20-23,25-26H2,1-6H3,(H,41,42)(H,43,44)/t37-,38-/m1/s1. The molecule has 0 aliphatic carbocycles. The van der Waals surface area contributed by atoms with Crippen LogP contribution in [0.4, 0.5) is 0 Å². The van der Waals surface area contributed by atoms with Crippen LogP contribution in [0.25, 0.3) is 0 Å². The molecule has 0 bridgehead atoms. The Morgan fingerprint density at radius 2 is 0.960 bits per heavy atom. The van der Waals surface area contributed by atoms with Crippen molar-refractivity contribution in [2.45, 2.75) is 112 Å². The second kappa shape index (κ2) is 13.2. The van der Waals surface area contributed by atoms with Gasteiger partial charge in [-0.15, -0.1) is 0 Å². The summed E-state index contributed by atoms with van der Waals surface area (Å²) in [4.78, 5) is 26.1. The van der Waals surface area contributed by atoms with Crippen LogP contribution in [0.5, 0.6) is 0 Å². The smallest absolute Gasteiger partial charge is 0.325 e. The monoisotopic (exact) mass is 724 g/mol. The molecule has 2 heterocycles. The van der Waals surface area contributed by atoms with Crippen LogP contribution in [0, 0.1) is 0 Å². The molecule has 3 aromatic rings. The Hall–Kier alpha value is -3.58. The topological polar surface area (TPSA) is 149 Å². The van der Waals surface area contributed by atoms with Crippen molar-refractivity contribution in [1.29, 1.82) is 0 Å². The van der Waals surface area contributed by atoms with Gasteiger partial charge in [0.1, 0.15) is 11.1 Å². The van der Waals surface area contributed by atoms with Crippen LogP contribution < -0.4 is 0 Å². The number of carboxylic acid groups (broad SMARTS) is 2. The van der Waals surface area contributed by atoms with Gasteiger partial charge < -0.3 is 10.2 Å². The average Bonchev–Trinajstić information content (AvgIpc) is 3.67. The second-order valence-corrected chi connectivity index (χ2v) is 19.5. The average molecular weight is 725 g/mol. The first-order chi connectivity index (χ1) is 23.1. The third kappa shape index (κ3) is 6.87.